The highest BCUT2D eigenvalue weighted by atomic mass is 14.7. The number of benzene rings is 2. The minimum atomic E-state index is 0.984. The van der Waals surface area contributed by atoms with Gasteiger partial charge in [-0.1, -0.05) is 54.4 Å². The van der Waals surface area contributed by atoms with Gasteiger partial charge in [0.05, 0.1) is 0 Å². The number of nitrogens with zero attached hydrogens (tertiary/aromatic N) is 1. The number of aryl methyl sites for hydroxylation is 3. The lowest BCUT2D eigenvalue weighted by Crippen LogP contribution is -2.05. The third-order valence-corrected chi connectivity index (χ3v) is 4.83. The Balaban J connectivity index is 2.83. The van der Waals surface area contributed by atoms with Crippen molar-refractivity contribution in [2.45, 2.75) is 48.0 Å². The normalized spacial score (nSPS) is 13.0. The highest BCUT2D eigenvalue weighted by molar-refractivity contribution is 6.29. The fraction of sp³-hybridized carbons (Fsp3) is 0.348. The van der Waals surface area contributed by atoms with Gasteiger partial charge in [-0.15, -0.1) is 0 Å². The van der Waals surface area contributed by atoms with Crippen LogP contribution in [-0.2, 0) is 0 Å². The predicted octanol–water partition coefficient (Wildman–Crippen LogP) is 6.33. The van der Waals surface area contributed by atoms with Gasteiger partial charge in [0.25, 0.3) is 0 Å². The first-order valence-electron chi connectivity index (χ1n) is 8.71. The number of hydrogen-bond donors (Lipinski definition) is 0. The van der Waals surface area contributed by atoms with Gasteiger partial charge in [-0.2, -0.15) is 0 Å². The Bertz CT molecular complexity index is 790. The molecule has 0 amide bonds. The van der Waals surface area contributed by atoms with Crippen LogP contribution < -0.4 is 0 Å². The van der Waals surface area contributed by atoms with Crippen LogP contribution in [0.5, 0.6) is 0 Å². The second kappa shape index (κ2) is 7.61. The second-order valence-electron chi connectivity index (χ2n) is 6.64. The summed E-state index contributed by atoms with van der Waals surface area (Å²) in [6, 6.07) is 13.4. The Labute approximate surface area is 147 Å². The molecule has 0 saturated heterocycles. The van der Waals surface area contributed by atoms with Gasteiger partial charge < -0.3 is 0 Å². The molecule has 0 aliphatic rings. The van der Waals surface area contributed by atoms with Crippen LogP contribution in [0, 0.1) is 27.7 Å². The molecule has 0 aliphatic carbocycles. The summed E-state index contributed by atoms with van der Waals surface area (Å²) in [7, 11) is 1.88. The smallest absolute Gasteiger partial charge is 0.0395 e. The monoisotopic (exact) mass is 319 g/mol. The van der Waals surface area contributed by atoms with E-state index < -0.39 is 0 Å². The molecule has 0 spiro atoms. The van der Waals surface area contributed by atoms with Crippen molar-refractivity contribution in [3.05, 3.63) is 69.8 Å². The van der Waals surface area contributed by atoms with Crippen molar-refractivity contribution >= 4 is 16.9 Å². The minimum absolute atomic E-state index is 0.984. The van der Waals surface area contributed by atoms with E-state index >= 15 is 0 Å². The molecule has 0 heterocycles. The third-order valence-electron chi connectivity index (χ3n) is 4.83. The van der Waals surface area contributed by atoms with Crippen LogP contribution in [0.2, 0.25) is 0 Å². The van der Waals surface area contributed by atoms with E-state index in [0.29, 0.717) is 0 Å². The summed E-state index contributed by atoms with van der Waals surface area (Å²) in [5, 5.41) is 0. The van der Waals surface area contributed by atoms with E-state index in [1.165, 1.54) is 44.5 Å². The molecule has 2 aromatic carbocycles. The molecule has 0 aliphatic heterocycles. The quantitative estimate of drug-likeness (QED) is 0.461. The number of aliphatic imine (C=N–C) groups is 1. The van der Waals surface area contributed by atoms with Crippen LogP contribution in [0.3, 0.4) is 0 Å². The van der Waals surface area contributed by atoms with Gasteiger partial charge in [-0.05, 0) is 68.9 Å². The molecular weight excluding hydrogens is 290 g/mol. The molecule has 0 unspecified atom stereocenters. The van der Waals surface area contributed by atoms with E-state index in [4.69, 9.17) is 0 Å². The number of hydrogen-bond acceptors (Lipinski definition) is 1. The van der Waals surface area contributed by atoms with Gasteiger partial charge >= 0.3 is 0 Å². The number of allylic oxidation sites excluding steroid dienone is 2. The lowest BCUT2D eigenvalue weighted by Gasteiger charge is -2.19. The zero-order valence-corrected chi connectivity index (χ0v) is 16.1. The molecular formula is C23H29N. The van der Waals surface area contributed by atoms with Gasteiger partial charge in [0.15, 0.2) is 0 Å². The lowest BCUT2D eigenvalue weighted by atomic mass is 9.86. The van der Waals surface area contributed by atoms with Crippen molar-refractivity contribution in [1.29, 1.82) is 0 Å². The molecule has 0 N–H and O–H groups in total. The molecule has 0 atom stereocenters. The second-order valence-corrected chi connectivity index (χ2v) is 6.64. The molecule has 0 bridgehead atoms. The number of rotatable bonds is 4. The van der Waals surface area contributed by atoms with Crippen molar-refractivity contribution in [2.24, 2.45) is 4.99 Å². The maximum Gasteiger partial charge on any atom is 0.0395 e. The molecule has 0 radical (unpaired) electrons. The van der Waals surface area contributed by atoms with E-state index in [2.05, 4.69) is 82.9 Å². The Morgan fingerprint density at radius 2 is 1.54 bits per heavy atom. The standard InChI is InChI=1S/C23H29N/c1-8-21(20-11-9-15(2)10-12-20)23(19(6)24-7)22-14-16(3)13-17(4)18(22)5/h9-14H,8H2,1-7H3/b23-21+,24-19?. The Morgan fingerprint density at radius 3 is 2.08 bits per heavy atom. The molecule has 0 saturated carbocycles. The molecule has 1 nitrogen and oxygen atoms in total. The topological polar surface area (TPSA) is 12.4 Å². The average molecular weight is 319 g/mol. The van der Waals surface area contributed by atoms with Crippen LogP contribution in [0.1, 0.15) is 53.6 Å². The largest absolute Gasteiger partial charge is 0.293 e. The van der Waals surface area contributed by atoms with E-state index in [1.54, 1.807) is 0 Å². The first kappa shape index (κ1) is 18.2. The van der Waals surface area contributed by atoms with E-state index in [-0.39, 0.29) is 0 Å². The zero-order valence-electron chi connectivity index (χ0n) is 16.1. The van der Waals surface area contributed by atoms with E-state index in [1.807, 2.05) is 7.05 Å². The van der Waals surface area contributed by atoms with Gasteiger partial charge in [0, 0.05) is 18.3 Å². The van der Waals surface area contributed by atoms with Crippen LogP contribution in [-0.4, -0.2) is 12.8 Å². The molecule has 0 fully saturated rings. The first-order chi connectivity index (χ1) is 11.4. The van der Waals surface area contributed by atoms with Crippen molar-refractivity contribution in [1.82, 2.24) is 0 Å². The van der Waals surface area contributed by atoms with Crippen molar-refractivity contribution in [3.63, 3.8) is 0 Å². The molecule has 2 rings (SSSR count). The molecule has 1 heteroatoms. The van der Waals surface area contributed by atoms with Crippen molar-refractivity contribution < 1.29 is 0 Å². The van der Waals surface area contributed by atoms with Crippen molar-refractivity contribution in [3.8, 4) is 0 Å². The Hall–Kier alpha value is -2.15. The highest BCUT2D eigenvalue weighted by Gasteiger charge is 2.16. The summed E-state index contributed by atoms with van der Waals surface area (Å²) >= 11 is 0. The molecule has 2 aromatic rings. The summed E-state index contributed by atoms with van der Waals surface area (Å²) < 4.78 is 0. The molecule has 0 aromatic heterocycles. The summed E-state index contributed by atoms with van der Waals surface area (Å²) in [6.07, 6.45) is 0.984. The van der Waals surface area contributed by atoms with Crippen molar-refractivity contribution in [2.75, 3.05) is 7.05 Å². The van der Waals surface area contributed by atoms with Crippen LogP contribution in [0.25, 0.3) is 11.1 Å². The highest BCUT2D eigenvalue weighted by Crippen LogP contribution is 2.33. The SMILES string of the molecule is CC/C(=C(/C(C)=NC)c1cc(C)cc(C)c1C)c1ccc(C)cc1. The lowest BCUT2D eigenvalue weighted by molar-refractivity contribution is 1.23. The van der Waals surface area contributed by atoms with Crippen LogP contribution in [0.15, 0.2) is 41.4 Å². The van der Waals surface area contributed by atoms with E-state index in [9.17, 15) is 0 Å². The summed E-state index contributed by atoms with van der Waals surface area (Å²) in [4.78, 5) is 4.54. The zero-order chi connectivity index (χ0) is 17.9. The summed E-state index contributed by atoms with van der Waals surface area (Å²) in [5.41, 5.74) is 11.6. The summed E-state index contributed by atoms with van der Waals surface area (Å²) in [5.74, 6) is 0. The van der Waals surface area contributed by atoms with Gasteiger partial charge in [-0.25, -0.2) is 0 Å². The minimum Gasteiger partial charge on any atom is -0.293 e. The average Bonchev–Trinajstić information content (AvgIpc) is 2.56. The first-order valence-corrected chi connectivity index (χ1v) is 8.71. The van der Waals surface area contributed by atoms with E-state index in [0.717, 1.165) is 12.1 Å². The van der Waals surface area contributed by atoms with Crippen LogP contribution in [0.4, 0.5) is 0 Å². The predicted molar refractivity (Wildman–Crippen MR) is 108 cm³/mol. The Morgan fingerprint density at radius 1 is 0.917 bits per heavy atom. The molecule has 126 valence electrons. The van der Waals surface area contributed by atoms with Crippen LogP contribution >= 0.6 is 0 Å². The summed E-state index contributed by atoms with van der Waals surface area (Å²) in [6.45, 7) is 13.1. The maximum absolute atomic E-state index is 4.54. The Kier molecular flexibility index (Phi) is 5.77. The van der Waals surface area contributed by atoms with Gasteiger partial charge in [-0.3, -0.25) is 4.99 Å². The van der Waals surface area contributed by atoms with Gasteiger partial charge in [0.1, 0.15) is 0 Å². The maximum atomic E-state index is 4.54. The third kappa shape index (κ3) is 3.67. The fourth-order valence-electron chi connectivity index (χ4n) is 3.27. The van der Waals surface area contributed by atoms with Gasteiger partial charge in [0.2, 0.25) is 0 Å². The molecule has 24 heavy (non-hydrogen) atoms. The fourth-order valence-corrected chi connectivity index (χ4v) is 3.27.